The minimum absolute atomic E-state index is 0.545. The Bertz CT molecular complexity index is 460. The van der Waals surface area contributed by atoms with E-state index in [1.807, 2.05) is 18.2 Å². The van der Waals surface area contributed by atoms with Gasteiger partial charge in [0.2, 0.25) is 0 Å². The predicted molar refractivity (Wildman–Crippen MR) is 75.9 cm³/mol. The Morgan fingerprint density at radius 3 is 2.78 bits per heavy atom. The quantitative estimate of drug-likeness (QED) is 0.825. The van der Waals surface area contributed by atoms with Crippen molar-refractivity contribution >= 4 is 17.3 Å². The zero-order valence-corrected chi connectivity index (χ0v) is 11.3. The van der Waals surface area contributed by atoms with E-state index >= 15 is 0 Å². The Morgan fingerprint density at radius 1 is 1.56 bits per heavy atom. The number of nitrogens with zero attached hydrogens (tertiary/aromatic N) is 1. The zero-order valence-electron chi connectivity index (χ0n) is 10.6. The second-order valence-corrected chi connectivity index (χ2v) is 5.32. The lowest BCUT2D eigenvalue weighted by Crippen LogP contribution is -2.26. The number of rotatable bonds is 5. The van der Waals surface area contributed by atoms with E-state index in [0.717, 1.165) is 23.7 Å². The molecule has 1 N–H and O–H groups in total. The van der Waals surface area contributed by atoms with Gasteiger partial charge in [0.1, 0.15) is 0 Å². The van der Waals surface area contributed by atoms with Crippen LogP contribution in [0.3, 0.4) is 0 Å². The number of hydrogen-bond acceptors (Lipinski definition) is 2. The molecule has 0 spiro atoms. The van der Waals surface area contributed by atoms with Gasteiger partial charge in [-0.2, -0.15) is 0 Å². The number of aliphatic hydroxyl groups is 1. The van der Waals surface area contributed by atoms with Gasteiger partial charge in [0.15, 0.2) is 0 Å². The Morgan fingerprint density at radius 2 is 2.28 bits per heavy atom. The highest BCUT2D eigenvalue weighted by molar-refractivity contribution is 6.31. The lowest BCUT2D eigenvalue weighted by Gasteiger charge is -2.23. The number of anilines is 1. The van der Waals surface area contributed by atoms with Gasteiger partial charge < -0.3 is 10.0 Å². The molecule has 0 heterocycles. The first kappa shape index (κ1) is 13.3. The largest absolute Gasteiger partial charge is 0.389 e. The summed E-state index contributed by atoms with van der Waals surface area (Å²) in [4.78, 5) is 2.18. The van der Waals surface area contributed by atoms with Crippen LogP contribution in [-0.4, -0.2) is 18.2 Å². The summed E-state index contributed by atoms with van der Waals surface area (Å²) in [6.07, 6.45) is 7.45. The van der Waals surface area contributed by atoms with Crippen molar-refractivity contribution in [3.8, 4) is 12.3 Å². The normalized spacial score (nSPS) is 16.1. The monoisotopic (exact) mass is 263 g/mol. The van der Waals surface area contributed by atoms with Crippen molar-refractivity contribution in [1.29, 1.82) is 0 Å². The molecule has 1 aliphatic rings. The smallest absolute Gasteiger partial charge is 0.0791 e. The molecule has 0 radical (unpaired) electrons. The Kier molecular flexibility index (Phi) is 4.16. The summed E-state index contributed by atoms with van der Waals surface area (Å²) in [5, 5.41) is 10.2. The van der Waals surface area contributed by atoms with E-state index in [1.54, 1.807) is 6.92 Å². The van der Waals surface area contributed by atoms with Crippen LogP contribution in [0.15, 0.2) is 18.2 Å². The Hall–Kier alpha value is -1.17. The van der Waals surface area contributed by atoms with Gasteiger partial charge in [-0.05, 0) is 43.4 Å². The van der Waals surface area contributed by atoms with Crippen molar-refractivity contribution in [2.24, 2.45) is 5.92 Å². The fraction of sp³-hybridized carbons (Fsp3) is 0.467. The molecule has 1 saturated carbocycles. The van der Waals surface area contributed by atoms with Crippen molar-refractivity contribution in [1.82, 2.24) is 0 Å². The van der Waals surface area contributed by atoms with Gasteiger partial charge in [0, 0.05) is 17.3 Å². The molecule has 96 valence electrons. The number of benzene rings is 1. The highest BCUT2D eigenvalue weighted by Crippen LogP contribution is 2.33. The predicted octanol–water partition coefficient (Wildman–Crippen LogP) is 3.24. The van der Waals surface area contributed by atoms with Gasteiger partial charge >= 0.3 is 0 Å². The van der Waals surface area contributed by atoms with E-state index in [-0.39, 0.29) is 0 Å². The molecule has 1 fully saturated rings. The first-order valence-corrected chi connectivity index (χ1v) is 6.65. The standard InChI is InChI=1S/C15H18ClNO/c1-3-8-17(10-12-4-5-12)13-6-7-14(11(2)18)15(16)9-13/h1,6-7,9,11-12,18H,4-5,8,10H2,2H3. The molecule has 1 atom stereocenters. The molecule has 2 nitrogen and oxygen atoms in total. The first-order chi connectivity index (χ1) is 8.61. The third-order valence-corrected chi connectivity index (χ3v) is 3.58. The second kappa shape index (κ2) is 5.65. The minimum atomic E-state index is -0.545. The van der Waals surface area contributed by atoms with E-state index in [0.29, 0.717) is 11.6 Å². The van der Waals surface area contributed by atoms with Crippen molar-refractivity contribution < 1.29 is 5.11 Å². The molecule has 1 aliphatic carbocycles. The topological polar surface area (TPSA) is 23.5 Å². The molecule has 0 bridgehead atoms. The summed E-state index contributed by atoms with van der Waals surface area (Å²) < 4.78 is 0. The molecule has 3 heteroatoms. The van der Waals surface area contributed by atoms with Gasteiger partial charge in [0.05, 0.1) is 12.6 Å². The maximum atomic E-state index is 9.56. The van der Waals surface area contributed by atoms with Crippen LogP contribution >= 0.6 is 11.6 Å². The van der Waals surface area contributed by atoms with Crippen LogP contribution in [0.1, 0.15) is 31.4 Å². The van der Waals surface area contributed by atoms with Gasteiger partial charge in [0.25, 0.3) is 0 Å². The second-order valence-electron chi connectivity index (χ2n) is 4.91. The average molecular weight is 264 g/mol. The van der Waals surface area contributed by atoms with E-state index in [4.69, 9.17) is 18.0 Å². The van der Waals surface area contributed by atoms with Crippen LogP contribution in [0.5, 0.6) is 0 Å². The van der Waals surface area contributed by atoms with Crippen molar-refractivity contribution in [3.05, 3.63) is 28.8 Å². The first-order valence-electron chi connectivity index (χ1n) is 6.27. The number of terminal acetylenes is 1. The molecule has 1 aromatic carbocycles. The van der Waals surface area contributed by atoms with E-state index in [1.165, 1.54) is 12.8 Å². The highest BCUT2D eigenvalue weighted by Gasteiger charge is 2.24. The average Bonchev–Trinajstić information content (AvgIpc) is 3.11. The number of halogens is 1. The SMILES string of the molecule is C#CCN(CC1CC1)c1ccc(C(C)O)c(Cl)c1. The molecule has 1 unspecified atom stereocenters. The van der Waals surface area contributed by atoms with Crippen molar-refractivity contribution in [2.75, 3.05) is 18.0 Å². The molecule has 18 heavy (non-hydrogen) atoms. The van der Waals surface area contributed by atoms with Gasteiger partial charge in [-0.25, -0.2) is 0 Å². The minimum Gasteiger partial charge on any atom is -0.389 e. The lowest BCUT2D eigenvalue weighted by molar-refractivity contribution is 0.199. The van der Waals surface area contributed by atoms with Crippen molar-refractivity contribution in [2.45, 2.75) is 25.9 Å². The van der Waals surface area contributed by atoms with Crippen molar-refractivity contribution in [3.63, 3.8) is 0 Å². The summed E-state index contributed by atoms with van der Waals surface area (Å²) >= 11 is 6.18. The Labute approximate surface area is 114 Å². The third kappa shape index (κ3) is 3.19. The van der Waals surface area contributed by atoms with Gasteiger partial charge in [-0.1, -0.05) is 23.6 Å². The van der Waals surface area contributed by atoms with E-state index in [2.05, 4.69) is 10.8 Å². The molecule has 0 amide bonds. The maximum Gasteiger partial charge on any atom is 0.0791 e. The summed E-state index contributed by atoms with van der Waals surface area (Å²) in [5.74, 6) is 3.46. The molecule has 1 aromatic rings. The molecule has 0 aliphatic heterocycles. The van der Waals surface area contributed by atoms with Crippen LogP contribution < -0.4 is 4.90 Å². The van der Waals surface area contributed by atoms with Crippen LogP contribution in [0, 0.1) is 18.3 Å². The molecule has 0 aromatic heterocycles. The van der Waals surface area contributed by atoms with Gasteiger partial charge in [-0.15, -0.1) is 6.42 Å². The maximum absolute atomic E-state index is 9.56. The summed E-state index contributed by atoms with van der Waals surface area (Å²) in [6, 6.07) is 5.75. The summed E-state index contributed by atoms with van der Waals surface area (Å²) in [7, 11) is 0. The third-order valence-electron chi connectivity index (χ3n) is 3.26. The molecule has 2 rings (SSSR count). The fourth-order valence-corrected chi connectivity index (χ4v) is 2.37. The van der Waals surface area contributed by atoms with Crippen LogP contribution in [0.4, 0.5) is 5.69 Å². The fourth-order valence-electron chi connectivity index (χ4n) is 2.04. The van der Waals surface area contributed by atoms with Crippen LogP contribution in [0.2, 0.25) is 5.02 Å². The van der Waals surface area contributed by atoms with Gasteiger partial charge in [-0.3, -0.25) is 0 Å². The molecule has 0 saturated heterocycles. The summed E-state index contributed by atoms with van der Waals surface area (Å²) in [6.45, 7) is 3.31. The molecular weight excluding hydrogens is 246 g/mol. The van der Waals surface area contributed by atoms with Crippen LogP contribution in [0.25, 0.3) is 0 Å². The number of aliphatic hydroxyl groups excluding tert-OH is 1. The Balaban J connectivity index is 2.19. The summed E-state index contributed by atoms with van der Waals surface area (Å²) in [5.41, 5.74) is 1.79. The van der Waals surface area contributed by atoms with Crippen LogP contribution in [-0.2, 0) is 0 Å². The highest BCUT2D eigenvalue weighted by atomic mass is 35.5. The zero-order chi connectivity index (χ0) is 13.1. The lowest BCUT2D eigenvalue weighted by atomic mass is 10.1. The number of hydrogen-bond donors (Lipinski definition) is 1. The van der Waals surface area contributed by atoms with E-state index in [9.17, 15) is 5.11 Å². The molecular formula is C15H18ClNO. The van der Waals surface area contributed by atoms with E-state index < -0.39 is 6.10 Å².